The van der Waals surface area contributed by atoms with Crippen molar-refractivity contribution in [1.82, 2.24) is 10.2 Å². The summed E-state index contributed by atoms with van der Waals surface area (Å²) in [4.78, 5) is 2.51. The SMILES string of the molecule is CC1CCNC(C2CC2)CN1Cc1ccc(F)c(Cl)c1. The third-order valence-electron chi connectivity index (χ3n) is 4.58. The van der Waals surface area contributed by atoms with E-state index in [-0.39, 0.29) is 10.8 Å². The van der Waals surface area contributed by atoms with Crippen molar-refractivity contribution in [3.05, 3.63) is 34.6 Å². The molecular formula is C16H22ClFN2. The van der Waals surface area contributed by atoms with Crippen LogP contribution in [0.4, 0.5) is 4.39 Å². The van der Waals surface area contributed by atoms with E-state index in [9.17, 15) is 4.39 Å². The van der Waals surface area contributed by atoms with Gasteiger partial charge in [-0.15, -0.1) is 0 Å². The fourth-order valence-electron chi connectivity index (χ4n) is 3.06. The van der Waals surface area contributed by atoms with Crippen LogP contribution in [-0.2, 0) is 6.54 Å². The molecule has 0 radical (unpaired) electrons. The largest absolute Gasteiger partial charge is 0.312 e. The normalized spacial score (nSPS) is 28.4. The quantitative estimate of drug-likeness (QED) is 0.919. The lowest BCUT2D eigenvalue weighted by Gasteiger charge is -2.29. The molecule has 2 aliphatic rings. The van der Waals surface area contributed by atoms with Gasteiger partial charge in [0.15, 0.2) is 0 Å². The molecule has 2 unspecified atom stereocenters. The van der Waals surface area contributed by atoms with E-state index >= 15 is 0 Å². The van der Waals surface area contributed by atoms with Gasteiger partial charge < -0.3 is 5.32 Å². The Morgan fingerprint density at radius 2 is 2.15 bits per heavy atom. The average Bonchev–Trinajstić information content (AvgIpc) is 3.24. The van der Waals surface area contributed by atoms with Crippen molar-refractivity contribution in [2.45, 2.75) is 44.8 Å². The van der Waals surface area contributed by atoms with Crippen LogP contribution in [0.1, 0.15) is 31.7 Å². The second-order valence-corrected chi connectivity index (χ2v) is 6.62. The number of rotatable bonds is 3. The van der Waals surface area contributed by atoms with Crippen molar-refractivity contribution in [2.24, 2.45) is 5.92 Å². The van der Waals surface area contributed by atoms with Crippen LogP contribution in [-0.4, -0.2) is 30.1 Å². The molecule has 110 valence electrons. The number of hydrogen-bond acceptors (Lipinski definition) is 2. The lowest BCUT2D eigenvalue weighted by atomic mass is 10.1. The van der Waals surface area contributed by atoms with Gasteiger partial charge in [-0.05, 0) is 56.3 Å². The van der Waals surface area contributed by atoms with E-state index in [1.54, 1.807) is 6.07 Å². The summed E-state index contributed by atoms with van der Waals surface area (Å²) in [6.45, 7) is 5.32. The van der Waals surface area contributed by atoms with Crippen molar-refractivity contribution in [3.63, 3.8) is 0 Å². The summed E-state index contributed by atoms with van der Waals surface area (Å²) in [5.74, 6) is 0.525. The summed E-state index contributed by atoms with van der Waals surface area (Å²) in [6.07, 6.45) is 3.89. The van der Waals surface area contributed by atoms with Crippen molar-refractivity contribution >= 4 is 11.6 Å². The first-order chi connectivity index (χ1) is 9.63. The summed E-state index contributed by atoms with van der Waals surface area (Å²) < 4.78 is 13.2. The average molecular weight is 297 g/mol. The molecule has 20 heavy (non-hydrogen) atoms. The molecule has 1 aromatic rings. The van der Waals surface area contributed by atoms with Crippen LogP contribution >= 0.6 is 11.6 Å². The molecule has 2 fully saturated rings. The fraction of sp³-hybridized carbons (Fsp3) is 0.625. The Hall–Kier alpha value is -0.640. The minimum absolute atomic E-state index is 0.224. The van der Waals surface area contributed by atoms with Crippen LogP contribution in [0.3, 0.4) is 0 Å². The maximum atomic E-state index is 13.2. The van der Waals surface area contributed by atoms with Crippen molar-refractivity contribution in [2.75, 3.05) is 13.1 Å². The Labute approximate surface area is 125 Å². The van der Waals surface area contributed by atoms with E-state index in [1.807, 2.05) is 6.07 Å². The summed E-state index contributed by atoms with van der Waals surface area (Å²) >= 11 is 5.88. The van der Waals surface area contributed by atoms with Gasteiger partial charge >= 0.3 is 0 Å². The fourth-order valence-corrected chi connectivity index (χ4v) is 3.27. The van der Waals surface area contributed by atoms with E-state index in [0.29, 0.717) is 12.1 Å². The van der Waals surface area contributed by atoms with Crippen LogP contribution in [0.25, 0.3) is 0 Å². The highest BCUT2D eigenvalue weighted by Gasteiger charge is 2.34. The van der Waals surface area contributed by atoms with Crippen molar-refractivity contribution in [3.8, 4) is 0 Å². The van der Waals surface area contributed by atoms with Gasteiger partial charge in [-0.2, -0.15) is 0 Å². The zero-order valence-electron chi connectivity index (χ0n) is 11.9. The summed E-state index contributed by atoms with van der Waals surface area (Å²) in [6, 6.07) is 6.24. The Balaban J connectivity index is 1.70. The van der Waals surface area contributed by atoms with Gasteiger partial charge in [0.05, 0.1) is 5.02 Å². The van der Waals surface area contributed by atoms with Gasteiger partial charge in [-0.1, -0.05) is 17.7 Å². The third-order valence-corrected chi connectivity index (χ3v) is 4.87. The molecule has 1 heterocycles. The van der Waals surface area contributed by atoms with Gasteiger partial charge in [0.1, 0.15) is 5.82 Å². The molecule has 1 aliphatic carbocycles. The molecule has 3 rings (SSSR count). The Morgan fingerprint density at radius 3 is 2.85 bits per heavy atom. The molecule has 2 nitrogen and oxygen atoms in total. The first kappa shape index (κ1) is 14.3. The lowest BCUT2D eigenvalue weighted by molar-refractivity contribution is 0.190. The molecule has 1 saturated heterocycles. The second-order valence-electron chi connectivity index (χ2n) is 6.21. The highest BCUT2D eigenvalue weighted by atomic mass is 35.5. The molecule has 1 N–H and O–H groups in total. The maximum absolute atomic E-state index is 13.2. The first-order valence-electron chi connectivity index (χ1n) is 7.55. The van der Waals surface area contributed by atoms with E-state index in [2.05, 4.69) is 17.1 Å². The lowest BCUT2D eigenvalue weighted by Crippen LogP contribution is -2.40. The molecule has 0 amide bonds. The monoisotopic (exact) mass is 296 g/mol. The number of hydrogen-bond donors (Lipinski definition) is 1. The van der Waals surface area contributed by atoms with E-state index in [0.717, 1.165) is 37.5 Å². The van der Waals surface area contributed by atoms with Gasteiger partial charge in [0.25, 0.3) is 0 Å². The highest BCUT2D eigenvalue weighted by Crippen LogP contribution is 2.34. The van der Waals surface area contributed by atoms with Crippen LogP contribution < -0.4 is 5.32 Å². The maximum Gasteiger partial charge on any atom is 0.141 e. The molecule has 1 aromatic carbocycles. The summed E-state index contributed by atoms with van der Waals surface area (Å²) in [7, 11) is 0. The first-order valence-corrected chi connectivity index (χ1v) is 7.92. The second kappa shape index (κ2) is 6.00. The van der Waals surface area contributed by atoms with Crippen LogP contribution in [0.5, 0.6) is 0 Å². The molecule has 2 atom stereocenters. The molecule has 1 aliphatic heterocycles. The van der Waals surface area contributed by atoms with Crippen LogP contribution in [0.2, 0.25) is 5.02 Å². The Morgan fingerprint density at radius 1 is 1.35 bits per heavy atom. The smallest absolute Gasteiger partial charge is 0.141 e. The predicted octanol–water partition coefficient (Wildman–Crippen LogP) is 3.44. The third kappa shape index (κ3) is 3.33. The zero-order valence-corrected chi connectivity index (χ0v) is 12.7. The number of benzene rings is 1. The minimum Gasteiger partial charge on any atom is -0.312 e. The van der Waals surface area contributed by atoms with Crippen LogP contribution in [0.15, 0.2) is 18.2 Å². The standard InChI is InChI=1S/C16H22ClFN2/c1-11-6-7-19-16(13-3-4-13)10-20(11)9-12-2-5-15(18)14(17)8-12/h2,5,8,11,13,16,19H,3-4,6-7,9-10H2,1H3. The summed E-state index contributed by atoms with van der Waals surface area (Å²) in [5.41, 5.74) is 1.10. The Kier molecular flexibility index (Phi) is 4.29. The zero-order chi connectivity index (χ0) is 14.1. The molecule has 0 aromatic heterocycles. The molecule has 0 bridgehead atoms. The Bertz CT molecular complexity index is 476. The molecule has 4 heteroatoms. The van der Waals surface area contributed by atoms with E-state index in [1.165, 1.54) is 18.9 Å². The van der Waals surface area contributed by atoms with Crippen LogP contribution in [0, 0.1) is 11.7 Å². The highest BCUT2D eigenvalue weighted by molar-refractivity contribution is 6.30. The van der Waals surface area contributed by atoms with Crippen molar-refractivity contribution in [1.29, 1.82) is 0 Å². The van der Waals surface area contributed by atoms with Crippen molar-refractivity contribution < 1.29 is 4.39 Å². The van der Waals surface area contributed by atoms with E-state index < -0.39 is 0 Å². The number of halogens is 2. The van der Waals surface area contributed by atoms with Gasteiger partial charge in [-0.25, -0.2) is 4.39 Å². The number of nitrogens with one attached hydrogen (secondary N) is 1. The van der Waals surface area contributed by atoms with Gasteiger partial charge in [-0.3, -0.25) is 4.90 Å². The van der Waals surface area contributed by atoms with E-state index in [4.69, 9.17) is 11.6 Å². The number of nitrogens with zero attached hydrogens (tertiary/aromatic N) is 1. The topological polar surface area (TPSA) is 15.3 Å². The molecule has 0 spiro atoms. The van der Waals surface area contributed by atoms with Gasteiger partial charge in [0, 0.05) is 25.2 Å². The van der Waals surface area contributed by atoms with Gasteiger partial charge in [0.2, 0.25) is 0 Å². The predicted molar refractivity (Wildman–Crippen MR) is 80.4 cm³/mol. The minimum atomic E-state index is -0.336. The molecule has 1 saturated carbocycles. The summed E-state index contributed by atoms with van der Waals surface area (Å²) in [5, 5.41) is 3.91. The molecular weight excluding hydrogens is 275 g/mol.